The number of carbonyl (C=O) groups is 2. The summed E-state index contributed by atoms with van der Waals surface area (Å²) in [6.45, 7) is 4.02. The third-order valence-corrected chi connectivity index (χ3v) is 13.4. The lowest BCUT2D eigenvalue weighted by Crippen LogP contribution is -2.10. The van der Waals surface area contributed by atoms with Crippen molar-refractivity contribution in [1.29, 1.82) is 0 Å². The van der Waals surface area contributed by atoms with Crippen LogP contribution >= 0.6 is 0 Å². The molecule has 4 atom stereocenters. The highest BCUT2D eigenvalue weighted by Crippen LogP contribution is 2.54. The lowest BCUT2D eigenvalue weighted by Gasteiger charge is -2.17. The predicted octanol–water partition coefficient (Wildman–Crippen LogP) is 9.81. The summed E-state index contributed by atoms with van der Waals surface area (Å²) in [5.41, 5.74) is 25.4. The van der Waals surface area contributed by atoms with Crippen molar-refractivity contribution >= 4 is 11.8 Å². The fraction of sp³-hybridized carbons (Fsp3) is 0.231. The van der Waals surface area contributed by atoms with Crippen molar-refractivity contribution in [3.63, 3.8) is 0 Å². The quantitative estimate of drug-likeness (QED) is 0.152. The van der Waals surface area contributed by atoms with E-state index < -0.39 is 11.8 Å². The number of nitrogens with two attached hydrogens (primary N) is 2. The first-order valence-electron chi connectivity index (χ1n) is 22.0. The van der Waals surface area contributed by atoms with E-state index in [1.807, 2.05) is 86.9 Å². The minimum Gasteiger partial charge on any atom is -0.366 e. The van der Waals surface area contributed by atoms with Gasteiger partial charge in [0.2, 0.25) is 11.8 Å². The van der Waals surface area contributed by atoms with Gasteiger partial charge in [0.1, 0.15) is 23.0 Å². The highest BCUT2D eigenvalue weighted by molar-refractivity contribution is 5.94. The second kappa shape index (κ2) is 15.6. The van der Waals surface area contributed by atoms with E-state index >= 15 is 0 Å². The molecule has 4 bridgehead atoms. The molecule has 8 heterocycles. The molecule has 2 fully saturated rings. The van der Waals surface area contributed by atoms with Crippen molar-refractivity contribution in [2.45, 2.75) is 76.3 Å². The maximum absolute atomic E-state index is 11.4. The molecule has 12 nitrogen and oxygen atoms in total. The topological polar surface area (TPSA) is 173 Å². The molecular formula is C52H46N10O2. The molecule has 12 heteroatoms. The van der Waals surface area contributed by atoms with Crippen LogP contribution in [-0.4, -0.2) is 50.9 Å². The fourth-order valence-electron chi connectivity index (χ4n) is 10.4. The normalized spacial score (nSPS) is 18.7. The number of hydrogen-bond donors (Lipinski definition) is 2. The second-order valence-electron chi connectivity index (χ2n) is 17.5. The van der Waals surface area contributed by atoms with Gasteiger partial charge in [0.05, 0.1) is 34.2 Å². The molecule has 4 N–H and O–H groups in total. The molecule has 2 aliphatic heterocycles. The van der Waals surface area contributed by atoms with E-state index in [0.29, 0.717) is 35.0 Å². The predicted molar refractivity (Wildman–Crippen MR) is 246 cm³/mol. The molecule has 0 unspecified atom stereocenters. The van der Waals surface area contributed by atoms with Gasteiger partial charge in [-0.05, 0) is 125 Å². The number of benzene rings is 2. The van der Waals surface area contributed by atoms with Gasteiger partial charge in [0.25, 0.3) is 0 Å². The Hall–Kier alpha value is -7.60. The zero-order valence-corrected chi connectivity index (χ0v) is 35.6. The number of pyridine rings is 4. The number of imidazole rings is 2. The Morgan fingerprint density at radius 1 is 0.500 bits per heavy atom. The van der Waals surface area contributed by atoms with Gasteiger partial charge in [-0.25, -0.2) is 9.97 Å². The molecular weight excluding hydrogens is 797 g/mol. The SMILES string of the molecule is Cc1cccc(-c2nc3n(c2-c2ccnc(-c4ccc(C(N)=O)cc4)c2)[C@@H]2CC[C@H]3C2)n1.Cc1cccc(-c2nc3n(c2-c2ccnc(-c4ccc(C(N)=O)cc4)c2)[C@H]2CC[C@@H]3C2)n1. The van der Waals surface area contributed by atoms with Crippen LogP contribution in [0.15, 0.2) is 122 Å². The largest absolute Gasteiger partial charge is 0.366 e. The van der Waals surface area contributed by atoms with E-state index in [9.17, 15) is 9.59 Å². The van der Waals surface area contributed by atoms with Gasteiger partial charge in [-0.15, -0.1) is 0 Å². The number of primary amides is 2. The Bertz CT molecular complexity index is 2920. The van der Waals surface area contributed by atoms with Crippen LogP contribution in [0.1, 0.15) is 106 Å². The lowest BCUT2D eigenvalue weighted by atomic mass is 10.0. The van der Waals surface area contributed by atoms with E-state index in [-0.39, 0.29) is 0 Å². The summed E-state index contributed by atoms with van der Waals surface area (Å²) in [5.74, 6) is 2.61. The van der Waals surface area contributed by atoms with Crippen LogP contribution in [0.5, 0.6) is 0 Å². The maximum atomic E-state index is 11.4. The Kier molecular flexibility index (Phi) is 9.59. The second-order valence-corrected chi connectivity index (χ2v) is 17.5. The van der Waals surface area contributed by atoms with E-state index in [0.717, 1.165) is 79.2 Å². The first-order chi connectivity index (χ1) is 31.2. The van der Waals surface area contributed by atoms with Crippen molar-refractivity contribution in [3.8, 4) is 67.8 Å². The summed E-state index contributed by atoms with van der Waals surface area (Å²) in [6, 6.07) is 36.0. The molecule has 2 aromatic carbocycles. The molecule has 12 rings (SSSR count). The number of amides is 2. The number of rotatable bonds is 8. The van der Waals surface area contributed by atoms with Crippen LogP contribution < -0.4 is 11.5 Å². The summed E-state index contributed by atoms with van der Waals surface area (Å²) in [7, 11) is 0. The van der Waals surface area contributed by atoms with Gasteiger partial charge < -0.3 is 20.6 Å². The van der Waals surface area contributed by atoms with Gasteiger partial charge in [0, 0.05) is 81.1 Å². The van der Waals surface area contributed by atoms with Crippen LogP contribution in [-0.2, 0) is 0 Å². The average molecular weight is 843 g/mol. The van der Waals surface area contributed by atoms with Crippen molar-refractivity contribution in [3.05, 3.63) is 156 Å². The standard InChI is InChI=1S/2C26H23N5O/c2*1-15-3-2-4-21(29-15)23-24(31-20-10-9-19(13-20)26(31)30-23)18-11-12-28-22(14-18)16-5-7-17(8-6-16)25(27)32/h2*2-8,11-12,14,19-20H,9-10,13H2,1H3,(H2,27,32)/t2*19-,20+/m10/s1. The molecule has 316 valence electrons. The highest BCUT2D eigenvalue weighted by Gasteiger charge is 2.43. The molecule has 2 amide bonds. The number of aryl methyl sites for hydroxylation is 2. The number of hydrogen-bond acceptors (Lipinski definition) is 8. The van der Waals surface area contributed by atoms with Gasteiger partial charge in [0.15, 0.2) is 0 Å². The zero-order chi connectivity index (χ0) is 43.6. The van der Waals surface area contributed by atoms with Crippen LogP contribution in [0.3, 0.4) is 0 Å². The van der Waals surface area contributed by atoms with E-state index in [2.05, 4.69) is 43.4 Å². The minimum absolute atomic E-state index is 0.432. The summed E-state index contributed by atoms with van der Waals surface area (Å²) in [4.78, 5) is 51.8. The first-order valence-corrected chi connectivity index (χ1v) is 22.0. The summed E-state index contributed by atoms with van der Waals surface area (Å²) in [5, 5.41) is 0. The molecule has 64 heavy (non-hydrogen) atoms. The number of carbonyl (C=O) groups excluding carboxylic acids is 2. The van der Waals surface area contributed by atoms with Crippen molar-refractivity contribution in [2.24, 2.45) is 11.5 Å². The Balaban J connectivity index is 0.000000143. The monoisotopic (exact) mass is 842 g/mol. The third kappa shape index (κ3) is 6.86. The van der Waals surface area contributed by atoms with E-state index in [1.54, 1.807) is 24.3 Å². The smallest absolute Gasteiger partial charge is 0.248 e. The number of aromatic nitrogens is 8. The Labute approximate surface area is 370 Å². The zero-order valence-electron chi connectivity index (χ0n) is 35.6. The number of nitrogens with zero attached hydrogens (tertiary/aromatic N) is 8. The Morgan fingerprint density at radius 2 is 0.922 bits per heavy atom. The fourth-order valence-corrected chi connectivity index (χ4v) is 10.4. The summed E-state index contributed by atoms with van der Waals surface area (Å²) < 4.78 is 4.89. The molecule has 6 aromatic heterocycles. The highest BCUT2D eigenvalue weighted by atomic mass is 16.1. The van der Waals surface area contributed by atoms with Crippen LogP contribution in [0.4, 0.5) is 0 Å². The third-order valence-electron chi connectivity index (χ3n) is 13.4. The molecule has 2 aliphatic carbocycles. The Morgan fingerprint density at radius 3 is 1.31 bits per heavy atom. The van der Waals surface area contributed by atoms with Gasteiger partial charge in [-0.1, -0.05) is 36.4 Å². The van der Waals surface area contributed by atoms with Gasteiger partial charge in [-0.2, -0.15) is 0 Å². The summed E-state index contributed by atoms with van der Waals surface area (Å²) >= 11 is 0. The average Bonchev–Trinajstić information content (AvgIpc) is 4.19. The molecule has 0 saturated heterocycles. The van der Waals surface area contributed by atoms with Crippen molar-refractivity contribution in [1.82, 2.24) is 39.0 Å². The number of fused-ring (bicyclic) bond motifs is 10. The van der Waals surface area contributed by atoms with Crippen LogP contribution in [0, 0.1) is 13.8 Å². The van der Waals surface area contributed by atoms with Crippen molar-refractivity contribution < 1.29 is 9.59 Å². The first kappa shape index (κ1) is 39.3. The van der Waals surface area contributed by atoms with Crippen molar-refractivity contribution in [2.75, 3.05) is 0 Å². The molecule has 0 spiro atoms. The summed E-state index contributed by atoms with van der Waals surface area (Å²) in [6.07, 6.45) is 10.9. The van der Waals surface area contributed by atoms with E-state index in [4.69, 9.17) is 31.4 Å². The molecule has 8 aromatic rings. The minimum atomic E-state index is -0.432. The molecule has 0 radical (unpaired) electrons. The van der Waals surface area contributed by atoms with Gasteiger partial charge in [-0.3, -0.25) is 29.5 Å². The maximum Gasteiger partial charge on any atom is 0.248 e. The van der Waals surface area contributed by atoms with Crippen LogP contribution in [0.2, 0.25) is 0 Å². The van der Waals surface area contributed by atoms with Crippen LogP contribution in [0.25, 0.3) is 67.8 Å². The lowest BCUT2D eigenvalue weighted by molar-refractivity contribution is 0.0992. The molecule has 2 saturated carbocycles. The van der Waals surface area contributed by atoms with E-state index in [1.165, 1.54) is 50.2 Å². The molecule has 4 aliphatic rings. The van der Waals surface area contributed by atoms with Gasteiger partial charge >= 0.3 is 0 Å².